The van der Waals surface area contributed by atoms with Crippen LogP contribution in [-0.4, -0.2) is 12.3 Å². The molecule has 1 saturated carbocycles. The molecule has 1 heterocycles. The first-order valence-electron chi connectivity index (χ1n) is 8.58. The number of nitrogens with zero attached hydrogens (tertiary/aromatic N) is 1. The largest absolute Gasteiger partial charge is 0.363 e. The number of rotatable bonds is 2. The molecule has 1 unspecified atom stereocenters. The summed E-state index contributed by atoms with van der Waals surface area (Å²) in [7, 11) is 0. The molecule has 2 fully saturated rings. The molecule has 1 atom stereocenters. The Balaban J connectivity index is 1.69. The fourth-order valence-electron chi connectivity index (χ4n) is 4.34. The van der Waals surface area contributed by atoms with Crippen LogP contribution in [0.5, 0.6) is 0 Å². The number of carbonyl (C=O) groups excluding carboxylic acids is 1. The second-order valence-electron chi connectivity index (χ2n) is 7.18. The van der Waals surface area contributed by atoms with Crippen molar-refractivity contribution < 1.29 is 4.79 Å². The lowest BCUT2D eigenvalue weighted by Gasteiger charge is -2.60. The predicted molar refractivity (Wildman–Crippen MR) is 93.6 cm³/mol. The van der Waals surface area contributed by atoms with Crippen molar-refractivity contribution in [1.82, 2.24) is 0 Å². The molecule has 0 aromatic heterocycles. The summed E-state index contributed by atoms with van der Waals surface area (Å²) >= 11 is 0. The van der Waals surface area contributed by atoms with Gasteiger partial charge in [0.1, 0.15) is 5.78 Å². The van der Waals surface area contributed by atoms with Crippen molar-refractivity contribution in [2.24, 2.45) is 5.41 Å². The molecule has 0 bridgehead atoms. The van der Waals surface area contributed by atoms with Crippen molar-refractivity contribution >= 4 is 11.5 Å². The van der Waals surface area contributed by atoms with Gasteiger partial charge in [-0.25, -0.2) is 0 Å². The lowest BCUT2D eigenvalue weighted by atomic mass is 9.60. The fourth-order valence-corrected chi connectivity index (χ4v) is 4.34. The van der Waals surface area contributed by atoms with Gasteiger partial charge in [-0.15, -0.1) is 0 Å². The highest BCUT2D eigenvalue weighted by molar-refractivity contribution is 5.79. The van der Waals surface area contributed by atoms with Gasteiger partial charge in [-0.2, -0.15) is 0 Å². The topological polar surface area (TPSA) is 20.3 Å². The maximum Gasteiger partial charge on any atom is 0.132 e. The second kappa shape index (κ2) is 5.52. The van der Waals surface area contributed by atoms with Gasteiger partial charge in [-0.3, -0.25) is 4.79 Å². The highest BCUT2D eigenvalue weighted by Gasteiger charge is 2.54. The van der Waals surface area contributed by atoms with Crippen LogP contribution in [-0.2, 0) is 4.79 Å². The first kappa shape index (κ1) is 14.5. The van der Waals surface area contributed by atoms with E-state index in [2.05, 4.69) is 66.4 Å². The molecule has 118 valence electrons. The van der Waals surface area contributed by atoms with Gasteiger partial charge in [0.2, 0.25) is 0 Å². The number of ketones is 1. The Bertz CT molecular complexity index is 694. The van der Waals surface area contributed by atoms with Crippen LogP contribution in [0.25, 0.3) is 0 Å². The zero-order valence-electron chi connectivity index (χ0n) is 13.7. The van der Waals surface area contributed by atoms with E-state index in [4.69, 9.17) is 0 Å². The van der Waals surface area contributed by atoms with Gasteiger partial charge in [-0.1, -0.05) is 48.0 Å². The Morgan fingerprint density at radius 3 is 2.26 bits per heavy atom. The van der Waals surface area contributed by atoms with Crippen LogP contribution in [0.1, 0.15) is 42.9 Å². The summed E-state index contributed by atoms with van der Waals surface area (Å²) in [4.78, 5) is 14.2. The number of Topliss-reactive ketones (excluding diaryl/α,β-unsaturated/α-hetero) is 1. The maximum atomic E-state index is 11.7. The van der Waals surface area contributed by atoms with Crippen LogP contribution >= 0.6 is 0 Å². The van der Waals surface area contributed by atoms with E-state index in [9.17, 15) is 4.79 Å². The van der Waals surface area contributed by atoms with Crippen LogP contribution < -0.4 is 4.90 Å². The molecule has 0 amide bonds. The van der Waals surface area contributed by atoms with Gasteiger partial charge >= 0.3 is 0 Å². The van der Waals surface area contributed by atoms with Crippen LogP contribution in [0.15, 0.2) is 54.6 Å². The summed E-state index contributed by atoms with van der Waals surface area (Å²) < 4.78 is 0. The number of anilines is 1. The molecule has 1 saturated heterocycles. The number of hydrogen-bond donors (Lipinski definition) is 0. The van der Waals surface area contributed by atoms with Crippen molar-refractivity contribution in [2.45, 2.75) is 38.6 Å². The minimum atomic E-state index is 0.277. The third kappa shape index (κ3) is 2.46. The zero-order chi connectivity index (χ0) is 15.9. The average Bonchev–Trinajstić information content (AvgIpc) is 2.57. The molecule has 1 aliphatic carbocycles. The number of aryl methyl sites for hydroxylation is 1. The van der Waals surface area contributed by atoms with Crippen molar-refractivity contribution in [3.63, 3.8) is 0 Å². The summed E-state index contributed by atoms with van der Waals surface area (Å²) in [5, 5.41) is 0. The summed E-state index contributed by atoms with van der Waals surface area (Å²) in [5.74, 6) is 0.441. The van der Waals surface area contributed by atoms with E-state index in [1.807, 2.05) is 0 Å². The maximum absolute atomic E-state index is 11.7. The fraction of sp³-hybridized carbons (Fsp3) is 0.381. The Hall–Kier alpha value is -2.09. The summed E-state index contributed by atoms with van der Waals surface area (Å²) in [5.41, 5.74) is 4.26. The number of benzene rings is 2. The van der Waals surface area contributed by atoms with E-state index in [0.717, 1.165) is 32.2 Å². The Morgan fingerprint density at radius 1 is 0.957 bits per heavy atom. The van der Waals surface area contributed by atoms with E-state index in [0.29, 0.717) is 11.8 Å². The van der Waals surface area contributed by atoms with Crippen molar-refractivity contribution in [2.75, 3.05) is 11.4 Å². The van der Waals surface area contributed by atoms with Gasteiger partial charge in [0.15, 0.2) is 0 Å². The van der Waals surface area contributed by atoms with Crippen LogP contribution in [0.3, 0.4) is 0 Å². The molecule has 1 aliphatic heterocycles. The molecule has 2 heteroatoms. The standard InChI is InChI=1S/C21H23NO/c1-16-7-9-17(10-8-16)20-21(13-11-19(23)12-14-21)15-22(20)18-5-3-2-4-6-18/h2-10,20H,11-15H2,1H3. The van der Waals surface area contributed by atoms with Crippen molar-refractivity contribution in [1.29, 1.82) is 0 Å². The van der Waals surface area contributed by atoms with Crippen molar-refractivity contribution in [3.8, 4) is 0 Å². The van der Waals surface area contributed by atoms with Gasteiger partial charge < -0.3 is 4.90 Å². The smallest absolute Gasteiger partial charge is 0.132 e. The first-order chi connectivity index (χ1) is 11.2. The minimum Gasteiger partial charge on any atom is -0.363 e. The molecule has 23 heavy (non-hydrogen) atoms. The van der Waals surface area contributed by atoms with Gasteiger partial charge in [0, 0.05) is 30.5 Å². The molecule has 2 nitrogen and oxygen atoms in total. The van der Waals surface area contributed by atoms with E-state index in [1.54, 1.807) is 0 Å². The normalized spacial score (nSPS) is 22.9. The lowest BCUT2D eigenvalue weighted by molar-refractivity contribution is -0.123. The van der Waals surface area contributed by atoms with E-state index >= 15 is 0 Å². The van der Waals surface area contributed by atoms with Gasteiger partial charge in [-0.05, 0) is 37.5 Å². The number of carbonyl (C=O) groups is 1. The molecule has 2 aromatic carbocycles. The SMILES string of the molecule is Cc1ccc(C2N(c3ccccc3)CC23CCC(=O)CC3)cc1. The molecule has 2 aromatic rings. The highest BCUT2D eigenvalue weighted by Crippen LogP contribution is 2.57. The Morgan fingerprint density at radius 2 is 1.61 bits per heavy atom. The monoisotopic (exact) mass is 305 g/mol. The lowest BCUT2D eigenvalue weighted by Crippen LogP contribution is -2.60. The number of para-hydroxylation sites is 1. The number of hydrogen-bond acceptors (Lipinski definition) is 2. The molecular formula is C21H23NO. The van der Waals surface area contributed by atoms with Crippen LogP contribution in [0.2, 0.25) is 0 Å². The first-order valence-corrected chi connectivity index (χ1v) is 8.58. The average molecular weight is 305 g/mol. The molecule has 4 rings (SSSR count). The van der Waals surface area contributed by atoms with Crippen LogP contribution in [0, 0.1) is 12.3 Å². The molecule has 0 radical (unpaired) electrons. The quantitative estimate of drug-likeness (QED) is 0.802. The third-order valence-corrected chi connectivity index (χ3v) is 5.66. The summed E-state index contributed by atoms with van der Waals surface area (Å²) in [6, 6.07) is 20.0. The predicted octanol–water partition coefficient (Wildman–Crippen LogP) is 4.69. The minimum absolute atomic E-state index is 0.277. The second-order valence-corrected chi connectivity index (χ2v) is 7.18. The zero-order valence-corrected chi connectivity index (χ0v) is 13.7. The molecular weight excluding hydrogens is 282 g/mol. The summed E-state index contributed by atoms with van der Waals surface area (Å²) in [6.07, 6.45) is 3.58. The molecule has 1 spiro atoms. The Labute approximate surface area is 138 Å². The molecule has 2 aliphatic rings. The van der Waals surface area contributed by atoms with Crippen LogP contribution in [0.4, 0.5) is 5.69 Å². The summed E-state index contributed by atoms with van der Waals surface area (Å²) in [6.45, 7) is 3.21. The van der Waals surface area contributed by atoms with Crippen molar-refractivity contribution in [3.05, 3.63) is 65.7 Å². The molecule has 0 N–H and O–H groups in total. The third-order valence-electron chi connectivity index (χ3n) is 5.66. The van der Waals surface area contributed by atoms with E-state index < -0.39 is 0 Å². The van der Waals surface area contributed by atoms with Gasteiger partial charge in [0.25, 0.3) is 0 Å². The van der Waals surface area contributed by atoms with Gasteiger partial charge in [0.05, 0.1) is 6.04 Å². The van der Waals surface area contributed by atoms with E-state index in [1.165, 1.54) is 16.8 Å². The Kier molecular flexibility index (Phi) is 3.48. The highest BCUT2D eigenvalue weighted by atomic mass is 16.1. The van der Waals surface area contributed by atoms with E-state index in [-0.39, 0.29) is 5.41 Å².